The molecular formula is C25H18FN5O3. The normalized spacial score (nSPS) is 17.9. The SMILES string of the molecule is O=C1NC(=O)[C@](Cn2cc3ccc(F)cc3c2O)(c2ccc(-c3ccc4[nH]ncc4c3)cc2)N1. The summed E-state index contributed by atoms with van der Waals surface area (Å²) >= 11 is 0. The largest absolute Gasteiger partial charge is 0.494 e. The number of H-pyrrole nitrogens is 1. The number of aromatic amines is 1. The Morgan fingerprint density at radius 1 is 0.971 bits per heavy atom. The number of halogens is 1. The number of carbonyl (C=O) groups is 2. The van der Waals surface area contributed by atoms with Gasteiger partial charge in [-0.1, -0.05) is 30.3 Å². The Morgan fingerprint density at radius 2 is 1.76 bits per heavy atom. The molecule has 34 heavy (non-hydrogen) atoms. The second-order valence-electron chi connectivity index (χ2n) is 8.38. The lowest BCUT2D eigenvalue weighted by molar-refractivity contribution is -0.124. The van der Waals surface area contributed by atoms with Crippen LogP contribution < -0.4 is 10.6 Å². The molecule has 168 valence electrons. The lowest BCUT2D eigenvalue weighted by Gasteiger charge is -2.27. The molecule has 1 aliphatic rings. The third-order valence-corrected chi connectivity index (χ3v) is 6.32. The van der Waals surface area contributed by atoms with Crippen LogP contribution in [0.3, 0.4) is 0 Å². The summed E-state index contributed by atoms with van der Waals surface area (Å²) in [6, 6.07) is 16.7. The highest BCUT2D eigenvalue weighted by molar-refractivity contribution is 6.07. The molecule has 9 heteroatoms. The Hall–Kier alpha value is -4.66. The van der Waals surface area contributed by atoms with Crippen LogP contribution in [0.5, 0.6) is 5.88 Å². The zero-order valence-electron chi connectivity index (χ0n) is 17.7. The van der Waals surface area contributed by atoms with Gasteiger partial charge in [0.25, 0.3) is 5.91 Å². The Bertz CT molecular complexity index is 1600. The molecule has 1 fully saturated rings. The smallest absolute Gasteiger partial charge is 0.322 e. The van der Waals surface area contributed by atoms with Gasteiger partial charge >= 0.3 is 6.03 Å². The molecule has 5 aromatic rings. The number of rotatable bonds is 4. The average Bonchev–Trinajstić information content (AvgIpc) is 3.50. The summed E-state index contributed by atoms with van der Waals surface area (Å²) < 4.78 is 15.1. The van der Waals surface area contributed by atoms with E-state index >= 15 is 0 Å². The van der Waals surface area contributed by atoms with Crippen molar-refractivity contribution >= 4 is 33.6 Å². The molecule has 0 radical (unpaired) electrons. The van der Waals surface area contributed by atoms with Crippen molar-refractivity contribution in [3.05, 3.63) is 84.4 Å². The third kappa shape index (κ3) is 3.01. The van der Waals surface area contributed by atoms with Gasteiger partial charge in [-0.15, -0.1) is 0 Å². The number of hydrogen-bond acceptors (Lipinski definition) is 4. The minimum atomic E-state index is -1.45. The summed E-state index contributed by atoms with van der Waals surface area (Å²) in [7, 11) is 0. The van der Waals surface area contributed by atoms with Crippen LogP contribution in [0.2, 0.25) is 0 Å². The standard InChI is InChI=1S/C25H18FN5O3/c26-19-7-3-16-12-31(22(32)20(16)10-19)13-25(23(33)28-24(34)29-25)18-5-1-14(2-6-18)15-4-8-21-17(9-15)11-27-30-21/h1-12,32H,13H2,(H,27,30)(H2,28,29,33,34)/t25-/m0/s1. The summed E-state index contributed by atoms with van der Waals surface area (Å²) in [4.78, 5) is 25.2. The molecule has 6 rings (SSSR count). The van der Waals surface area contributed by atoms with E-state index in [1.165, 1.54) is 16.7 Å². The Morgan fingerprint density at radius 3 is 2.53 bits per heavy atom. The summed E-state index contributed by atoms with van der Waals surface area (Å²) in [6.45, 7) is -0.0764. The second-order valence-corrected chi connectivity index (χ2v) is 8.38. The van der Waals surface area contributed by atoms with Crippen LogP contribution in [0.4, 0.5) is 9.18 Å². The average molecular weight is 455 g/mol. The van der Waals surface area contributed by atoms with Gasteiger partial charge in [0.1, 0.15) is 5.82 Å². The fourth-order valence-corrected chi connectivity index (χ4v) is 4.56. The number of nitrogens with one attached hydrogen (secondary N) is 3. The monoisotopic (exact) mass is 455 g/mol. The number of aromatic nitrogens is 3. The van der Waals surface area contributed by atoms with E-state index in [2.05, 4.69) is 20.8 Å². The highest BCUT2D eigenvalue weighted by Crippen LogP contribution is 2.34. The third-order valence-electron chi connectivity index (χ3n) is 6.32. The van der Waals surface area contributed by atoms with Gasteiger partial charge in [-0.25, -0.2) is 9.18 Å². The Labute approximate surface area is 192 Å². The number of carbonyl (C=O) groups excluding carboxylic acids is 2. The zero-order valence-corrected chi connectivity index (χ0v) is 17.7. The van der Waals surface area contributed by atoms with E-state index in [9.17, 15) is 19.1 Å². The predicted molar refractivity (Wildman–Crippen MR) is 123 cm³/mol. The van der Waals surface area contributed by atoms with Crippen molar-refractivity contribution in [2.24, 2.45) is 0 Å². The van der Waals surface area contributed by atoms with Gasteiger partial charge in [-0.05, 0) is 47.0 Å². The molecular weight excluding hydrogens is 437 g/mol. The number of imide groups is 1. The van der Waals surface area contributed by atoms with Crippen LogP contribution in [0.25, 0.3) is 32.8 Å². The maximum Gasteiger partial charge on any atom is 0.322 e. The van der Waals surface area contributed by atoms with Crippen LogP contribution in [0.15, 0.2) is 73.1 Å². The summed E-state index contributed by atoms with van der Waals surface area (Å²) in [5.41, 5.74) is 1.94. The lowest BCUT2D eigenvalue weighted by Crippen LogP contribution is -2.47. The predicted octanol–water partition coefficient (Wildman–Crippen LogP) is 3.76. The Kier molecular flexibility index (Phi) is 4.22. The maximum atomic E-state index is 13.7. The molecule has 3 amide bonds. The number of hydrogen-bond donors (Lipinski definition) is 4. The van der Waals surface area contributed by atoms with E-state index in [1.54, 1.807) is 30.6 Å². The summed E-state index contributed by atoms with van der Waals surface area (Å²) in [6.07, 6.45) is 3.37. The molecule has 1 aliphatic heterocycles. The molecule has 0 aliphatic carbocycles. The summed E-state index contributed by atoms with van der Waals surface area (Å²) in [5, 5.41) is 24.6. The van der Waals surface area contributed by atoms with Gasteiger partial charge in [0, 0.05) is 22.4 Å². The van der Waals surface area contributed by atoms with E-state index in [0.717, 1.165) is 22.0 Å². The number of urea groups is 1. The molecule has 3 aromatic carbocycles. The van der Waals surface area contributed by atoms with Crippen molar-refractivity contribution in [3.63, 3.8) is 0 Å². The minimum Gasteiger partial charge on any atom is -0.494 e. The van der Waals surface area contributed by atoms with Crippen molar-refractivity contribution in [2.75, 3.05) is 0 Å². The minimum absolute atomic E-state index is 0.0764. The van der Waals surface area contributed by atoms with E-state index in [4.69, 9.17) is 0 Å². The molecule has 8 nitrogen and oxygen atoms in total. The maximum absolute atomic E-state index is 13.7. The molecule has 1 atom stereocenters. The zero-order chi connectivity index (χ0) is 23.4. The number of fused-ring (bicyclic) bond motifs is 2. The highest BCUT2D eigenvalue weighted by Gasteiger charge is 2.48. The Balaban J connectivity index is 1.41. The first-order valence-corrected chi connectivity index (χ1v) is 10.6. The fraction of sp³-hybridized carbons (Fsp3) is 0.0800. The number of amides is 3. The lowest BCUT2D eigenvalue weighted by atomic mass is 9.88. The van der Waals surface area contributed by atoms with Crippen LogP contribution in [-0.2, 0) is 16.9 Å². The van der Waals surface area contributed by atoms with Crippen molar-refractivity contribution in [1.82, 2.24) is 25.4 Å². The summed E-state index contributed by atoms with van der Waals surface area (Å²) in [5.74, 6) is -1.20. The van der Waals surface area contributed by atoms with E-state index in [0.29, 0.717) is 16.3 Å². The molecule has 0 unspecified atom stereocenters. The molecule has 1 saturated heterocycles. The van der Waals surface area contributed by atoms with Crippen LogP contribution in [0.1, 0.15) is 5.56 Å². The first-order chi connectivity index (χ1) is 16.4. The van der Waals surface area contributed by atoms with Gasteiger partial charge < -0.3 is 15.0 Å². The molecule has 4 N–H and O–H groups in total. The van der Waals surface area contributed by atoms with E-state index in [1.807, 2.05) is 30.3 Å². The van der Waals surface area contributed by atoms with Crippen molar-refractivity contribution in [2.45, 2.75) is 12.1 Å². The quantitative estimate of drug-likeness (QED) is 0.309. The van der Waals surface area contributed by atoms with E-state index in [-0.39, 0.29) is 12.4 Å². The van der Waals surface area contributed by atoms with Crippen LogP contribution in [-0.4, -0.2) is 31.8 Å². The first kappa shape index (κ1) is 20.0. The molecule has 3 heterocycles. The number of nitrogens with zero attached hydrogens (tertiary/aromatic N) is 2. The van der Waals surface area contributed by atoms with Crippen molar-refractivity contribution in [3.8, 4) is 17.0 Å². The van der Waals surface area contributed by atoms with Gasteiger partial charge in [0.05, 0.1) is 18.3 Å². The second kappa shape index (κ2) is 7.17. The van der Waals surface area contributed by atoms with Gasteiger partial charge in [-0.2, -0.15) is 5.10 Å². The van der Waals surface area contributed by atoms with Crippen LogP contribution in [0, 0.1) is 5.82 Å². The van der Waals surface area contributed by atoms with Gasteiger partial charge in [0.2, 0.25) is 0 Å². The first-order valence-electron chi connectivity index (χ1n) is 10.6. The highest BCUT2D eigenvalue weighted by atomic mass is 19.1. The number of benzene rings is 3. The van der Waals surface area contributed by atoms with Crippen molar-refractivity contribution < 1.29 is 19.1 Å². The molecule has 0 spiro atoms. The van der Waals surface area contributed by atoms with Gasteiger partial charge in [0.15, 0.2) is 11.4 Å². The topological polar surface area (TPSA) is 112 Å². The molecule has 0 saturated carbocycles. The van der Waals surface area contributed by atoms with Gasteiger partial charge in [-0.3, -0.25) is 15.2 Å². The van der Waals surface area contributed by atoms with Crippen LogP contribution >= 0.6 is 0 Å². The fourth-order valence-electron chi connectivity index (χ4n) is 4.56. The molecule has 2 aromatic heterocycles. The number of aromatic hydroxyl groups is 1. The van der Waals surface area contributed by atoms with E-state index < -0.39 is 23.3 Å². The van der Waals surface area contributed by atoms with Crippen molar-refractivity contribution in [1.29, 1.82) is 0 Å². The molecule has 0 bridgehead atoms.